The van der Waals surface area contributed by atoms with Crippen LogP contribution >= 0.6 is 19.7 Å². The van der Waals surface area contributed by atoms with Gasteiger partial charge in [-0.15, -0.1) is 11.3 Å². The molecule has 13 heteroatoms. The van der Waals surface area contributed by atoms with Crippen LogP contribution in [-0.4, -0.2) is 71.0 Å². The summed E-state index contributed by atoms with van der Waals surface area (Å²) in [6, 6.07) is 10.8. The molecule has 40 heavy (non-hydrogen) atoms. The number of nitrogens with two attached hydrogens (primary N) is 3. The molecule has 222 valence electrons. The topological polar surface area (TPSA) is 175 Å². The number of hydrazine groups is 1. The molecule has 2 aromatic rings. The van der Waals surface area contributed by atoms with Crippen LogP contribution in [0.3, 0.4) is 0 Å². The number of nitrogens with one attached hydrogen (secondary N) is 2. The van der Waals surface area contributed by atoms with Gasteiger partial charge in [-0.1, -0.05) is 31.0 Å². The third-order valence-corrected chi connectivity index (χ3v) is 8.70. The van der Waals surface area contributed by atoms with Gasteiger partial charge in [0, 0.05) is 30.7 Å². The Morgan fingerprint density at radius 2 is 2.00 bits per heavy atom. The maximum absolute atomic E-state index is 12.7. The fourth-order valence-electron chi connectivity index (χ4n) is 4.64. The second-order valence-corrected chi connectivity index (χ2v) is 12.2. The monoisotopic (exact) mass is 593 g/mol. The van der Waals surface area contributed by atoms with Crippen molar-refractivity contribution in [1.29, 1.82) is 0 Å². The summed E-state index contributed by atoms with van der Waals surface area (Å²) >= 11 is 1.61. The summed E-state index contributed by atoms with van der Waals surface area (Å²) in [4.78, 5) is 35.6. The highest BCUT2D eigenvalue weighted by atomic mass is 32.1. The molecule has 1 amide bonds. The fourth-order valence-corrected chi connectivity index (χ4v) is 5.99. The molecule has 10 N–H and O–H groups in total. The Labute approximate surface area is 242 Å². The molecule has 11 nitrogen and oxygen atoms in total. The smallest absolute Gasteiger partial charge is 0.237 e. The highest BCUT2D eigenvalue weighted by molar-refractivity contribution is 7.45. The molecule has 1 aromatic heterocycles. The highest BCUT2D eigenvalue weighted by Gasteiger charge is 2.36. The third kappa shape index (κ3) is 10.3. The Bertz CT molecular complexity index is 1040. The van der Waals surface area contributed by atoms with Crippen molar-refractivity contribution in [2.24, 2.45) is 17.3 Å². The Morgan fingerprint density at radius 3 is 2.67 bits per heavy atom. The molecule has 1 aromatic carbocycles. The summed E-state index contributed by atoms with van der Waals surface area (Å²) in [6.45, 7) is 2.72. The van der Waals surface area contributed by atoms with E-state index in [2.05, 4.69) is 10.6 Å². The summed E-state index contributed by atoms with van der Waals surface area (Å²) in [5.41, 5.74) is 12.9. The van der Waals surface area contributed by atoms with E-state index in [4.69, 9.17) is 22.0 Å². The van der Waals surface area contributed by atoms with Crippen LogP contribution in [0.2, 0.25) is 0 Å². The number of nitrogens with zero attached hydrogens (tertiary/aromatic N) is 2. The second-order valence-electron chi connectivity index (χ2n) is 10.0. The predicted molar refractivity (Wildman–Crippen MR) is 161 cm³/mol. The van der Waals surface area contributed by atoms with E-state index in [9.17, 15) is 14.6 Å². The lowest BCUT2D eigenvalue weighted by atomic mass is 10.1. The quantitative estimate of drug-likeness (QED) is 0.0621. The van der Waals surface area contributed by atoms with Crippen LogP contribution in [0.1, 0.15) is 48.3 Å². The number of likely N-dealkylation sites (tertiary alicyclic amines) is 1. The Hall–Kier alpha value is -2.28. The minimum absolute atomic E-state index is 0.0277. The standard InChI is InChI=1S/C27H44N7O4PS/c1-33-18-22(15-25(33)26(35)31-13-5-3-2-4-12-28)34(30)17-21(29)19-38-23-10-8-20(9-11-23)27(39(36)37)32-16-24-7-6-14-40-24/h6-11,14,17,22,25,27,32,36-37H,2-5,12-13,15-16,18-19,28-30H2,1H3,(H,31,35)/b21-17-. The number of amides is 1. The number of rotatable bonds is 17. The molecule has 1 aliphatic heterocycles. The van der Waals surface area contributed by atoms with E-state index in [-0.39, 0.29) is 24.6 Å². The summed E-state index contributed by atoms with van der Waals surface area (Å²) in [6.07, 6.45) is 6.39. The Balaban J connectivity index is 1.43. The molecule has 3 unspecified atom stereocenters. The van der Waals surface area contributed by atoms with Crippen molar-refractivity contribution in [2.75, 3.05) is 33.3 Å². The predicted octanol–water partition coefficient (Wildman–Crippen LogP) is 1.90. The van der Waals surface area contributed by atoms with Crippen LogP contribution in [0, 0.1) is 0 Å². The van der Waals surface area contributed by atoms with Gasteiger partial charge in [-0.25, -0.2) is 5.84 Å². The van der Waals surface area contributed by atoms with E-state index < -0.39 is 14.2 Å². The number of likely N-dealkylation sites (N-methyl/N-ethyl adjacent to an activating group) is 1. The maximum Gasteiger partial charge on any atom is 0.237 e. The van der Waals surface area contributed by atoms with Crippen LogP contribution < -0.4 is 32.7 Å². The molecule has 1 fully saturated rings. The van der Waals surface area contributed by atoms with Gasteiger partial charge in [-0.3, -0.25) is 15.0 Å². The SMILES string of the molecule is CN1CC(N(N)/C=C(\N)COc2ccc(C(NCc3cccs3)P(O)O)cc2)CC1C(=O)NCCCCCCN. The normalized spacial score (nSPS) is 18.7. The molecule has 0 bridgehead atoms. The van der Waals surface area contributed by atoms with Crippen molar-refractivity contribution in [2.45, 2.75) is 56.5 Å². The van der Waals surface area contributed by atoms with Gasteiger partial charge in [0.2, 0.25) is 5.91 Å². The first-order valence-corrected chi connectivity index (χ1v) is 15.8. The van der Waals surface area contributed by atoms with E-state index in [0.29, 0.717) is 44.0 Å². The van der Waals surface area contributed by atoms with E-state index in [1.54, 1.807) is 46.8 Å². The molecule has 1 aliphatic rings. The van der Waals surface area contributed by atoms with Gasteiger partial charge in [0.25, 0.3) is 0 Å². The van der Waals surface area contributed by atoms with Crippen molar-refractivity contribution >= 4 is 25.6 Å². The Morgan fingerprint density at radius 1 is 1.25 bits per heavy atom. The molecular formula is C27H44N7O4PS. The first-order chi connectivity index (χ1) is 19.3. The van der Waals surface area contributed by atoms with Crippen LogP contribution in [0.4, 0.5) is 0 Å². The lowest BCUT2D eigenvalue weighted by molar-refractivity contribution is -0.125. The lowest BCUT2D eigenvalue weighted by Gasteiger charge is -2.22. The average molecular weight is 594 g/mol. The molecule has 0 aliphatic carbocycles. The summed E-state index contributed by atoms with van der Waals surface area (Å²) in [5, 5.41) is 9.79. The molecule has 0 spiro atoms. The molecule has 1 saturated heterocycles. The van der Waals surface area contributed by atoms with E-state index in [0.717, 1.165) is 36.1 Å². The van der Waals surface area contributed by atoms with Crippen LogP contribution in [0.25, 0.3) is 0 Å². The summed E-state index contributed by atoms with van der Waals surface area (Å²) < 4.78 is 5.81. The summed E-state index contributed by atoms with van der Waals surface area (Å²) in [5.74, 6) is 6.34. The van der Waals surface area contributed by atoms with E-state index in [1.165, 1.54) is 0 Å². The van der Waals surface area contributed by atoms with Gasteiger partial charge < -0.3 is 36.3 Å². The van der Waals surface area contributed by atoms with Gasteiger partial charge >= 0.3 is 0 Å². The number of carbonyl (C=O) groups is 1. The zero-order valence-electron chi connectivity index (χ0n) is 23.1. The number of carbonyl (C=O) groups excluding carboxylic acids is 1. The fraction of sp³-hybridized carbons (Fsp3) is 0.519. The highest BCUT2D eigenvalue weighted by Crippen LogP contribution is 2.42. The van der Waals surface area contributed by atoms with Crippen LogP contribution in [0.15, 0.2) is 53.7 Å². The maximum atomic E-state index is 12.7. The number of hydrogen-bond donors (Lipinski definition) is 7. The lowest BCUT2D eigenvalue weighted by Crippen LogP contribution is -2.41. The second kappa shape index (κ2) is 16.9. The minimum atomic E-state index is -2.21. The van der Waals surface area contributed by atoms with Gasteiger partial charge in [0.05, 0.1) is 17.8 Å². The zero-order chi connectivity index (χ0) is 28.9. The molecule has 0 saturated carbocycles. The Kier molecular flexibility index (Phi) is 13.6. The number of unbranched alkanes of at least 4 members (excludes halogenated alkanes) is 3. The average Bonchev–Trinajstić information content (AvgIpc) is 3.60. The molecule has 3 rings (SSSR count). The largest absolute Gasteiger partial charge is 0.487 e. The summed E-state index contributed by atoms with van der Waals surface area (Å²) in [7, 11) is -0.281. The number of hydrogen-bond acceptors (Lipinski definition) is 11. The van der Waals surface area contributed by atoms with Crippen molar-refractivity contribution in [1.82, 2.24) is 20.5 Å². The van der Waals surface area contributed by atoms with Crippen molar-refractivity contribution < 1.29 is 19.3 Å². The molecular weight excluding hydrogens is 549 g/mol. The van der Waals surface area contributed by atoms with Gasteiger partial charge in [0.1, 0.15) is 18.1 Å². The number of ether oxygens (including phenoxy) is 1. The van der Waals surface area contributed by atoms with Gasteiger partial charge in [-0.2, -0.15) is 0 Å². The minimum Gasteiger partial charge on any atom is -0.487 e. The number of benzene rings is 1. The van der Waals surface area contributed by atoms with Crippen molar-refractivity contribution in [3.63, 3.8) is 0 Å². The number of thiophene rings is 1. The van der Waals surface area contributed by atoms with Crippen LogP contribution in [-0.2, 0) is 11.3 Å². The molecule has 2 heterocycles. The third-order valence-electron chi connectivity index (χ3n) is 6.88. The molecule has 3 atom stereocenters. The van der Waals surface area contributed by atoms with Crippen LogP contribution in [0.5, 0.6) is 5.75 Å². The first kappa shape index (κ1) is 32.2. The van der Waals surface area contributed by atoms with Gasteiger partial charge in [-0.05, 0) is 62.0 Å². The van der Waals surface area contributed by atoms with Crippen molar-refractivity contribution in [3.05, 3.63) is 64.1 Å². The van der Waals surface area contributed by atoms with E-state index >= 15 is 0 Å². The van der Waals surface area contributed by atoms with E-state index in [1.807, 2.05) is 29.5 Å². The first-order valence-electron chi connectivity index (χ1n) is 13.6. The van der Waals surface area contributed by atoms with Crippen molar-refractivity contribution in [3.8, 4) is 5.75 Å². The molecule has 0 radical (unpaired) electrons. The zero-order valence-corrected chi connectivity index (χ0v) is 24.8. The van der Waals surface area contributed by atoms with Gasteiger partial charge in [0.15, 0.2) is 8.38 Å².